The van der Waals surface area contributed by atoms with Crippen LogP contribution in [0.5, 0.6) is 0 Å². The molecule has 2 heterocycles. The molecule has 2 aliphatic heterocycles. The molecule has 1 unspecified atom stereocenters. The number of anilines is 1. The lowest BCUT2D eigenvalue weighted by atomic mass is 9.92. The smallest absolute Gasteiger partial charge is 0.294 e. The van der Waals surface area contributed by atoms with Crippen LogP contribution in [0.3, 0.4) is 0 Å². The molecule has 0 amide bonds. The van der Waals surface area contributed by atoms with Gasteiger partial charge in [0, 0.05) is 25.0 Å². The molecule has 5 nitrogen and oxygen atoms in total. The summed E-state index contributed by atoms with van der Waals surface area (Å²) in [6, 6.07) is 1.57. The highest BCUT2D eigenvalue weighted by atomic mass is 32.2. The fourth-order valence-corrected chi connectivity index (χ4v) is 4.31. The summed E-state index contributed by atoms with van der Waals surface area (Å²) >= 11 is 0. The highest BCUT2D eigenvalue weighted by Gasteiger charge is 2.27. The van der Waals surface area contributed by atoms with Gasteiger partial charge in [0.15, 0.2) is 0 Å². The van der Waals surface area contributed by atoms with E-state index in [-0.39, 0.29) is 11.0 Å². The van der Waals surface area contributed by atoms with Crippen molar-refractivity contribution >= 4 is 15.8 Å². The van der Waals surface area contributed by atoms with E-state index in [1.165, 1.54) is 0 Å². The third kappa shape index (κ3) is 3.27. The number of allylic oxidation sites excluding steroid dienone is 2. The van der Waals surface area contributed by atoms with Crippen LogP contribution < -0.4 is 4.90 Å². The molecule has 6 heteroatoms. The first-order chi connectivity index (χ1) is 11.4. The molecule has 1 aromatic carbocycles. The van der Waals surface area contributed by atoms with Gasteiger partial charge >= 0.3 is 0 Å². The lowest BCUT2D eigenvalue weighted by molar-refractivity contribution is 0.0141. The van der Waals surface area contributed by atoms with Gasteiger partial charge in [0.1, 0.15) is 0 Å². The fraction of sp³-hybridized carbons (Fsp3) is 0.444. The summed E-state index contributed by atoms with van der Waals surface area (Å²) in [5.74, 6) is 0. The van der Waals surface area contributed by atoms with Crippen LogP contribution in [-0.4, -0.2) is 26.1 Å². The minimum atomic E-state index is -4.30. The van der Waals surface area contributed by atoms with E-state index in [1.807, 2.05) is 36.3 Å². The first kappa shape index (κ1) is 17.2. The van der Waals surface area contributed by atoms with Gasteiger partial charge in [-0.2, -0.15) is 8.42 Å². The van der Waals surface area contributed by atoms with Crippen molar-refractivity contribution in [1.82, 2.24) is 0 Å². The molecule has 24 heavy (non-hydrogen) atoms. The van der Waals surface area contributed by atoms with Crippen molar-refractivity contribution in [1.29, 1.82) is 0 Å². The first-order valence-electron chi connectivity index (χ1n) is 8.22. The van der Waals surface area contributed by atoms with E-state index in [0.29, 0.717) is 18.7 Å². The third-order valence-corrected chi connectivity index (χ3v) is 5.71. The Balaban J connectivity index is 2.19. The maximum atomic E-state index is 11.9. The van der Waals surface area contributed by atoms with Crippen molar-refractivity contribution in [2.75, 3.05) is 18.1 Å². The van der Waals surface area contributed by atoms with Crippen LogP contribution in [0, 0.1) is 13.8 Å². The van der Waals surface area contributed by atoms with Gasteiger partial charge in [0.25, 0.3) is 10.1 Å². The summed E-state index contributed by atoms with van der Waals surface area (Å²) in [6.45, 7) is 5.09. The standard InChI is InChI=1S/C18H23NO4S/c1-13-15(19-9-5-3-6-10-19)12-17(24(20,21)22)14(2)18(13)16-8-4-7-11-23-16/h3,5-6,9,12,16H,4,7-8,10-11H2,1-2H3,(H,20,21,22). The zero-order chi connectivity index (χ0) is 17.3. The molecule has 0 aromatic heterocycles. The summed E-state index contributed by atoms with van der Waals surface area (Å²) in [4.78, 5) is 1.95. The lowest BCUT2D eigenvalue weighted by Gasteiger charge is -2.31. The zero-order valence-electron chi connectivity index (χ0n) is 14.0. The summed E-state index contributed by atoms with van der Waals surface area (Å²) in [7, 11) is -4.30. The second-order valence-corrected chi connectivity index (χ2v) is 7.70. The molecule has 1 aromatic rings. The summed E-state index contributed by atoms with van der Waals surface area (Å²) in [5, 5.41) is 0. The Labute approximate surface area is 143 Å². The Morgan fingerprint density at radius 1 is 1.21 bits per heavy atom. The molecule has 1 fully saturated rings. The van der Waals surface area contributed by atoms with E-state index in [2.05, 4.69) is 0 Å². The molecular weight excluding hydrogens is 326 g/mol. The molecule has 0 spiro atoms. The fourth-order valence-electron chi connectivity index (χ4n) is 3.56. The molecule has 3 rings (SSSR count). The molecule has 0 aliphatic carbocycles. The average molecular weight is 349 g/mol. The lowest BCUT2D eigenvalue weighted by Crippen LogP contribution is -2.22. The van der Waals surface area contributed by atoms with Gasteiger partial charge in [0.05, 0.1) is 11.0 Å². The van der Waals surface area contributed by atoms with Gasteiger partial charge in [-0.3, -0.25) is 4.55 Å². The second kappa shape index (κ2) is 6.70. The SMILES string of the molecule is Cc1c(N2C=CC=CC2)cc(S(=O)(=O)O)c(C)c1C1CCCCO1. The van der Waals surface area contributed by atoms with Gasteiger partial charge in [-0.1, -0.05) is 12.2 Å². The average Bonchev–Trinajstić information content (AvgIpc) is 2.56. The number of hydrogen-bond acceptors (Lipinski definition) is 4. The largest absolute Gasteiger partial charge is 0.374 e. The quantitative estimate of drug-likeness (QED) is 0.843. The monoisotopic (exact) mass is 349 g/mol. The van der Waals surface area contributed by atoms with Crippen LogP contribution in [0.4, 0.5) is 5.69 Å². The van der Waals surface area contributed by atoms with E-state index in [9.17, 15) is 13.0 Å². The highest BCUT2D eigenvalue weighted by molar-refractivity contribution is 7.85. The molecule has 1 N–H and O–H groups in total. The summed E-state index contributed by atoms with van der Waals surface area (Å²) in [6.07, 6.45) is 10.6. The summed E-state index contributed by atoms with van der Waals surface area (Å²) in [5.41, 5.74) is 3.27. The topological polar surface area (TPSA) is 66.8 Å². The normalized spacial score (nSPS) is 21.3. The Morgan fingerprint density at radius 3 is 2.58 bits per heavy atom. The van der Waals surface area contributed by atoms with Crippen LogP contribution in [0.25, 0.3) is 0 Å². The molecule has 130 valence electrons. The molecule has 0 bridgehead atoms. The number of nitrogens with zero attached hydrogens (tertiary/aromatic N) is 1. The zero-order valence-corrected chi connectivity index (χ0v) is 14.8. The van der Waals surface area contributed by atoms with Crippen LogP contribution in [-0.2, 0) is 14.9 Å². The Morgan fingerprint density at radius 2 is 2.00 bits per heavy atom. The predicted molar refractivity (Wildman–Crippen MR) is 93.9 cm³/mol. The van der Waals surface area contributed by atoms with Crippen molar-refractivity contribution in [3.63, 3.8) is 0 Å². The number of ether oxygens (including phenoxy) is 1. The molecule has 1 saturated heterocycles. The minimum Gasteiger partial charge on any atom is -0.374 e. The Bertz CT molecular complexity index is 790. The Hall–Kier alpha value is -1.63. The molecular formula is C18H23NO4S. The highest BCUT2D eigenvalue weighted by Crippen LogP contribution is 2.39. The molecule has 1 atom stereocenters. The first-order valence-corrected chi connectivity index (χ1v) is 9.67. The number of benzene rings is 1. The molecule has 0 radical (unpaired) electrons. The minimum absolute atomic E-state index is 0.0322. The van der Waals surface area contributed by atoms with E-state index in [1.54, 1.807) is 13.0 Å². The van der Waals surface area contributed by atoms with E-state index in [4.69, 9.17) is 4.74 Å². The maximum Gasteiger partial charge on any atom is 0.294 e. The van der Waals surface area contributed by atoms with Gasteiger partial charge in [-0.05, 0) is 61.9 Å². The molecule has 0 saturated carbocycles. The van der Waals surface area contributed by atoms with Gasteiger partial charge in [-0.15, -0.1) is 0 Å². The van der Waals surface area contributed by atoms with Crippen LogP contribution in [0.1, 0.15) is 42.1 Å². The predicted octanol–water partition coefficient (Wildman–Crippen LogP) is 3.68. The van der Waals surface area contributed by atoms with Crippen molar-refractivity contribution in [3.8, 4) is 0 Å². The summed E-state index contributed by atoms with van der Waals surface area (Å²) < 4.78 is 39.4. The molecule has 2 aliphatic rings. The maximum absolute atomic E-state index is 11.9. The van der Waals surface area contributed by atoms with Gasteiger partial charge in [-0.25, -0.2) is 0 Å². The van der Waals surface area contributed by atoms with Gasteiger partial charge < -0.3 is 9.64 Å². The van der Waals surface area contributed by atoms with Crippen molar-refractivity contribution in [2.45, 2.75) is 44.1 Å². The van der Waals surface area contributed by atoms with Gasteiger partial charge in [0.2, 0.25) is 0 Å². The van der Waals surface area contributed by atoms with Crippen LogP contribution in [0.15, 0.2) is 35.4 Å². The van der Waals surface area contributed by atoms with E-state index >= 15 is 0 Å². The number of rotatable bonds is 3. The second-order valence-electron chi connectivity index (χ2n) is 6.31. The van der Waals surface area contributed by atoms with E-state index in [0.717, 1.165) is 36.1 Å². The number of hydrogen-bond donors (Lipinski definition) is 1. The van der Waals surface area contributed by atoms with Crippen LogP contribution in [0.2, 0.25) is 0 Å². The van der Waals surface area contributed by atoms with E-state index < -0.39 is 10.1 Å². The van der Waals surface area contributed by atoms with Crippen LogP contribution >= 0.6 is 0 Å². The van der Waals surface area contributed by atoms with Crippen molar-refractivity contribution in [2.24, 2.45) is 0 Å². The third-order valence-electron chi connectivity index (χ3n) is 4.73. The van der Waals surface area contributed by atoms with Crippen molar-refractivity contribution < 1.29 is 17.7 Å². The Kier molecular flexibility index (Phi) is 4.80. The van der Waals surface area contributed by atoms with Crippen molar-refractivity contribution in [3.05, 3.63) is 47.2 Å².